The summed E-state index contributed by atoms with van der Waals surface area (Å²) in [5, 5.41) is 3.22. The zero-order valence-electron chi connectivity index (χ0n) is 18.7. The van der Waals surface area contributed by atoms with Crippen LogP contribution in [0.4, 0.5) is 5.69 Å². The first-order valence-electron chi connectivity index (χ1n) is 11.1. The molecule has 0 unspecified atom stereocenters. The van der Waals surface area contributed by atoms with Crippen molar-refractivity contribution in [3.05, 3.63) is 41.7 Å². The minimum Gasteiger partial charge on any atom is -0.381 e. The van der Waals surface area contributed by atoms with Crippen LogP contribution in [-0.2, 0) is 9.53 Å². The number of nitrogens with two attached hydrogens (primary N) is 1. The smallest absolute Gasteiger partial charge is 0.269 e. The summed E-state index contributed by atoms with van der Waals surface area (Å²) in [6.07, 6.45) is 2.33. The molecule has 9 heteroatoms. The number of ether oxygens (including phenoxy) is 1. The molecule has 0 radical (unpaired) electrons. The molecule has 2 aliphatic heterocycles. The fourth-order valence-corrected chi connectivity index (χ4v) is 3.87. The van der Waals surface area contributed by atoms with Gasteiger partial charge in [-0.1, -0.05) is 24.0 Å². The van der Waals surface area contributed by atoms with Gasteiger partial charge in [-0.3, -0.25) is 14.5 Å². The second-order valence-electron chi connectivity index (χ2n) is 8.15. The van der Waals surface area contributed by atoms with Crippen molar-refractivity contribution in [2.75, 3.05) is 58.3 Å². The number of anilines is 1. The minimum atomic E-state index is -0.618. The molecule has 4 rings (SSSR count). The Bertz CT molecular complexity index is 1090. The third-order valence-corrected chi connectivity index (χ3v) is 5.81. The highest BCUT2D eigenvalue weighted by Gasteiger charge is 2.27. The average Bonchev–Trinajstić information content (AvgIpc) is 3.16. The number of primary amides is 1. The molecule has 1 atom stereocenters. The van der Waals surface area contributed by atoms with Crippen molar-refractivity contribution in [2.24, 2.45) is 11.7 Å². The standard InChI is InChI=1S/C24H28N6O3/c1-29-9-7-18(24(29)32)6-5-17-3-2-4-19(15-17)23-27-16-20(21(28-23)22(25)31)26-8-10-30-11-13-33-14-12-30/h2-4,15-16,18,26H,7-14H2,1H3,(H2,25,31)/t18-/m1/s1. The fraction of sp³-hybridized carbons (Fsp3) is 0.417. The molecule has 0 spiro atoms. The summed E-state index contributed by atoms with van der Waals surface area (Å²) in [7, 11) is 1.79. The number of morpholine rings is 1. The summed E-state index contributed by atoms with van der Waals surface area (Å²) in [6.45, 7) is 5.46. The highest BCUT2D eigenvalue weighted by atomic mass is 16.5. The molecule has 0 saturated carbocycles. The fourth-order valence-electron chi connectivity index (χ4n) is 3.87. The third-order valence-electron chi connectivity index (χ3n) is 5.81. The van der Waals surface area contributed by atoms with Crippen molar-refractivity contribution < 1.29 is 14.3 Å². The van der Waals surface area contributed by atoms with Crippen LogP contribution in [-0.4, -0.2) is 84.6 Å². The second-order valence-corrected chi connectivity index (χ2v) is 8.15. The number of aromatic nitrogens is 2. The molecule has 2 amide bonds. The van der Waals surface area contributed by atoms with Crippen LogP contribution in [0.2, 0.25) is 0 Å². The Balaban J connectivity index is 1.47. The number of carbonyl (C=O) groups is 2. The monoisotopic (exact) mass is 448 g/mol. The highest BCUT2D eigenvalue weighted by Crippen LogP contribution is 2.21. The molecule has 2 saturated heterocycles. The molecule has 0 bridgehead atoms. The van der Waals surface area contributed by atoms with Gasteiger partial charge < -0.3 is 20.7 Å². The molecular formula is C24H28N6O3. The summed E-state index contributed by atoms with van der Waals surface area (Å²) in [6, 6.07) is 7.42. The Labute approximate surface area is 193 Å². The molecule has 9 nitrogen and oxygen atoms in total. The number of nitrogens with zero attached hydrogens (tertiary/aromatic N) is 4. The van der Waals surface area contributed by atoms with Gasteiger partial charge in [-0.2, -0.15) is 0 Å². The van der Waals surface area contributed by atoms with E-state index in [2.05, 4.69) is 32.0 Å². The van der Waals surface area contributed by atoms with E-state index in [1.54, 1.807) is 18.1 Å². The van der Waals surface area contributed by atoms with Crippen LogP contribution < -0.4 is 11.1 Å². The maximum absolute atomic E-state index is 12.1. The summed E-state index contributed by atoms with van der Waals surface area (Å²) < 4.78 is 5.36. The van der Waals surface area contributed by atoms with E-state index in [1.165, 1.54) is 0 Å². The molecular weight excluding hydrogens is 420 g/mol. The van der Waals surface area contributed by atoms with Crippen LogP contribution in [0.25, 0.3) is 11.4 Å². The van der Waals surface area contributed by atoms with Crippen LogP contribution in [0.15, 0.2) is 30.5 Å². The first-order chi connectivity index (χ1) is 16.0. The van der Waals surface area contributed by atoms with Crippen molar-refractivity contribution in [1.82, 2.24) is 19.8 Å². The number of rotatable bonds is 6. The largest absolute Gasteiger partial charge is 0.381 e. The molecule has 3 heterocycles. The van der Waals surface area contributed by atoms with E-state index in [4.69, 9.17) is 10.5 Å². The number of hydrogen-bond acceptors (Lipinski definition) is 7. The van der Waals surface area contributed by atoms with Crippen molar-refractivity contribution in [1.29, 1.82) is 0 Å². The molecule has 0 aliphatic carbocycles. The molecule has 33 heavy (non-hydrogen) atoms. The van der Waals surface area contributed by atoms with Crippen molar-refractivity contribution in [3.63, 3.8) is 0 Å². The van der Waals surface area contributed by atoms with Gasteiger partial charge in [0.1, 0.15) is 5.92 Å². The Morgan fingerprint density at radius 2 is 2.12 bits per heavy atom. The number of benzene rings is 1. The van der Waals surface area contributed by atoms with Gasteiger partial charge in [-0.05, 0) is 18.6 Å². The quantitative estimate of drug-likeness (QED) is 0.629. The molecule has 172 valence electrons. The lowest BCUT2D eigenvalue weighted by Crippen LogP contribution is -2.39. The van der Waals surface area contributed by atoms with Crippen LogP contribution in [0.1, 0.15) is 22.5 Å². The lowest BCUT2D eigenvalue weighted by molar-refractivity contribution is -0.128. The van der Waals surface area contributed by atoms with E-state index in [0.717, 1.165) is 56.9 Å². The van der Waals surface area contributed by atoms with Gasteiger partial charge in [0.2, 0.25) is 5.91 Å². The maximum atomic E-state index is 12.1. The maximum Gasteiger partial charge on any atom is 0.269 e. The lowest BCUT2D eigenvalue weighted by Gasteiger charge is -2.26. The molecule has 2 aromatic rings. The zero-order chi connectivity index (χ0) is 23.2. The van der Waals surface area contributed by atoms with E-state index in [-0.39, 0.29) is 17.5 Å². The van der Waals surface area contributed by atoms with Gasteiger partial charge >= 0.3 is 0 Å². The van der Waals surface area contributed by atoms with E-state index < -0.39 is 5.91 Å². The van der Waals surface area contributed by atoms with Gasteiger partial charge in [0.25, 0.3) is 5.91 Å². The van der Waals surface area contributed by atoms with E-state index in [0.29, 0.717) is 18.1 Å². The minimum absolute atomic E-state index is 0.0600. The average molecular weight is 449 g/mol. The van der Waals surface area contributed by atoms with Gasteiger partial charge in [0.05, 0.1) is 25.1 Å². The molecule has 3 N–H and O–H groups in total. The third kappa shape index (κ3) is 5.66. The van der Waals surface area contributed by atoms with Crippen LogP contribution >= 0.6 is 0 Å². The van der Waals surface area contributed by atoms with Crippen molar-refractivity contribution in [2.45, 2.75) is 6.42 Å². The number of likely N-dealkylation sites (tertiary alicyclic amines) is 1. The first kappa shape index (κ1) is 22.7. The predicted octanol–water partition coefficient (Wildman–Crippen LogP) is 0.816. The Hall–Kier alpha value is -3.48. The predicted molar refractivity (Wildman–Crippen MR) is 124 cm³/mol. The number of nitrogens with one attached hydrogen (secondary N) is 1. The Kier molecular flexibility index (Phi) is 7.17. The number of amides is 2. The first-order valence-corrected chi connectivity index (χ1v) is 11.1. The number of hydrogen-bond donors (Lipinski definition) is 2. The Morgan fingerprint density at radius 1 is 1.30 bits per heavy atom. The van der Waals surface area contributed by atoms with Crippen molar-refractivity contribution in [3.8, 4) is 23.2 Å². The summed E-state index contributed by atoms with van der Waals surface area (Å²) in [5.41, 5.74) is 7.74. The van der Waals surface area contributed by atoms with E-state index >= 15 is 0 Å². The van der Waals surface area contributed by atoms with Crippen LogP contribution in [0.5, 0.6) is 0 Å². The van der Waals surface area contributed by atoms with Crippen LogP contribution in [0.3, 0.4) is 0 Å². The topological polar surface area (TPSA) is 114 Å². The van der Waals surface area contributed by atoms with Gasteiger partial charge in [0, 0.05) is 50.9 Å². The van der Waals surface area contributed by atoms with Crippen molar-refractivity contribution >= 4 is 17.5 Å². The van der Waals surface area contributed by atoms with Gasteiger partial charge in [0.15, 0.2) is 11.5 Å². The normalized spacial score (nSPS) is 18.6. The SMILES string of the molecule is CN1CC[C@@H](C#Cc2cccc(-c3ncc(NCCN4CCOCC4)c(C(N)=O)n3)c2)C1=O. The zero-order valence-corrected chi connectivity index (χ0v) is 18.7. The van der Waals surface area contributed by atoms with Crippen LogP contribution in [0, 0.1) is 17.8 Å². The number of carbonyl (C=O) groups excluding carboxylic acids is 2. The summed E-state index contributed by atoms with van der Waals surface area (Å²) >= 11 is 0. The Morgan fingerprint density at radius 3 is 2.85 bits per heavy atom. The summed E-state index contributed by atoms with van der Waals surface area (Å²) in [5.74, 6) is 5.72. The molecule has 2 fully saturated rings. The van der Waals surface area contributed by atoms with Gasteiger partial charge in [-0.15, -0.1) is 0 Å². The molecule has 1 aromatic carbocycles. The molecule has 2 aliphatic rings. The van der Waals surface area contributed by atoms with Gasteiger partial charge in [-0.25, -0.2) is 9.97 Å². The molecule has 1 aromatic heterocycles. The van der Waals surface area contributed by atoms with E-state index in [1.807, 2.05) is 24.3 Å². The lowest BCUT2D eigenvalue weighted by atomic mass is 10.1. The highest BCUT2D eigenvalue weighted by molar-refractivity contribution is 5.96. The summed E-state index contributed by atoms with van der Waals surface area (Å²) in [4.78, 5) is 37.0. The van der Waals surface area contributed by atoms with E-state index in [9.17, 15) is 9.59 Å². The second kappa shape index (κ2) is 10.4.